The first-order chi connectivity index (χ1) is 11.7. The van der Waals surface area contributed by atoms with E-state index in [9.17, 15) is 9.90 Å². The Labute approximate surface area is 150 Å². The molecule has 2 aliphatic heterocycles. The fraction of sp³-hybridized carbons (Fsp3) is 0.650. The molecule has 0 aromatic heterocycles. The monoisotopic (exact) mass is 346 g/mol. The number of nitrogens with one attached hydrogen (secondary N) is 1. The van der Waals surface area contributed by atoms with Gasteiger partial charge in [0.1, 0.15) is 11.5 Å². The fourth-order valence-electron chi connectivity index (χ4n) is 4.03. The Morgan fingerprint density at radius 2 is 2.00 bits per heavy atom. The topological polar surface area (TPSA) is 61.8 Å². The summed E-state index contributed by atoms with van der Waals surface area (Å²) in [6.07, 6.45) is 3.49. The maximum atomic E-state index is 12.9. The summed E-state index contributed by atoms with van der Waals surface area (Å²) >= 11 is 0. The Hall–Kier alpha value is -1.75. The van der Waals surface area contributed by atoms with Gasteiger partial charge in [-0.2, -0.15) is 0 Å². The van der Waals surface area contributed by atoms with Crippen LogP contribution in [0.1, 0.15) is 48.4 Å². The Morgan fingerprint density at radius 3 is 2.68 bits per heavy atom. The zero-order valence-corrected chi connectivity index (χ0v) is 16.0. The van der Waals surface area contributed by atoms with E-state index in [4.69, 9.17) is 4.74 Å². The maximum Gasteiger partial charge on any atom is 0.264 e. The van der Waals surface area contributed by atoms with Crippen LogP contribution in [0.4, 0.5) is 0 Å². The number of hydrogen-bond donors (Lipinski definition) is 2. The standard InChI is InChI=1S/C20H30N2O3/c1-12-13(2)18-16(14(3)17(12)23)8-9-20(4,25-18)19(24)21-15-7-6-10-22(5)11-15/h15,23H,6-11H2,1-5H3,(H,21,24). The van der Waals surface area contributed by atoms with Crippen LogP contribution in [0.3, 0.4) is 0 Å². The van der Waals surface area contributed by atoms with Gasteiger partial charge in [-0.05, 0) is 77.2 Å². The number of benzene rings is 1. The second-order valence-electron chi connectivity index (χ2n) is 7.94. The number of hydrogen-bond acceptors (Lipinski definition) is 4. The third kappa shape index (κ3) is 3.22. The number of piperidine rings is 1. The molecule has 1 saturated heterocycles. The van der Waals surface area contributed by atoms with E-state index < -0.39 is 5.60 Å². The Kier molecular flexibility index (Phi) is 4.71. The highest BCUT2D eigenvalue weighted by Crippen LogP contribution is 2.43. The van der Waals surface area contributed by atoms with Gasteiger partial charge >= 0.3 is 0 Å². The molecule has 0 aliphatic carbocycles. The quantitative estimate of drug-likeness (QED) is 0.864. The number of fused-ring (bicyclic) bond motifs is 1. The zero-order valence-electron chi connectivity index (χ0n) is 16.0. The highest BCUT2D eigenvalue weighted by Gasteiger charge is 2.41. The van der Waals surface area contributed by atoms with Crippen LogP contribution >= 0.6 is 0 Å². The maximum absolute atomic E-state index is 12.9. The van der Waals surface area contributed by atoms with Crippen LogP contribution in [0.25, 0.3) is 0 Å². The normalized spacial score (nSPS) is 26.7. The number of carbonyl (C=O) groups excluding carboxylic acids is 1. The second kappa shape index (κ2) is 6.52. The van der Waals surface area contributed by atoms with Gasteiger partial charge in [0.15, 0.2) is 5.60 Å². The number of nitrogens with zero attached hydrogens (tertiary/aromatic N) is 1. The third-order valence-electron chi connectivity index (χ3n) is 5.96. The molecule has 138 valence electrons. The zero-order chi connectivity index (χ0) is 18.4. The van der Waals surface area contributed by atoms with Crippen LogP contribution in [0.2, 0.25) is 0 Å². The number of phenolic OH excluding ortho intramolecular Hbond substituents is 1. The summed E-state index contributed by atoms with van der Waals surface area (Å²) in [6, 6.07) is 0.192. The summed E-state index contributed by atoms with van der Waals surface area (Å²) in [5, 5.41) is 13.5. The van der Waals surface area contributed by atoms with Gasteiger partial charge in [0.25, 0.3) is 5.91 Å². The fourth-order valence-corrected chi connectivity index (χ4v) is 4.03. The first-order valence-electron chi connectivity index (χ1n) is 9.23. The molecule has 0 saturated carbocycles. The molecule has 2 atom stereocenters. The molecular formula is C20H30N2O3. The van der Waals surface area contributed by atoms with Crippen LogP contribution in [-0.4, -0.2) is 47.7 Å². The van der Waals surface area contributed by atoms with Gasteiger partial charge in [-0.25, -0.2) is 0 Å². The van der Waals surface area contributed by atoms with Gasteiger partial charge in [0.05, 0.1) is 0 Å². The van der Waals surface area contributed by atoms with E-state index in [-0.39, 0.29) is 11.9 Å². The van der Waals surface area contributed by atoms with Crippen molar-refractivity contribution in [1.29, 1.82) is 0 Å². The van der Waals surface area contributed by atoms with E-state index in [1.165, 1.54) is 0 Å². The summed E-state index contributed by atoms with van der Waals surface area (Å²) in [7, 11) is 2.09. The smallest absolute Gasteiger partial charge is 0.264 e. The molecule has 3 rings (SSSR count). The number of amides is 1. The molecule has 25 heavy (non-hydrogen) atoms. The lowest BCUT2D eigenvalue weighted by Crippen LogP contribution is -2.56. The molecule has 2 aliphatic rings. The van der Waals surface area contributed by atoms with Crippen molar-refractivity contribution in [3.63, 3.8) is 0 Å². The minimum Gasteiger partial charge on any atom is -0.507 e. The average molecular weight is 346 g/mol. The highest BCUT2D eigenvalue weighted by molar-refractivity contribution is 5.86. The third-order valence-corrected chi connectivity index (χ3v) is 5.96. The van der Waals surface area contributed by atoms with E-state index in [0.29, 0.717) is 12.2 Å². The van der Waals surface area contributed by atoms with Crippen LogP contribution < -0.4 is 10.1 Å². The molecule has 0 bridgehead atoms. The number of likely N-dealkylation sites (tertiary alicyclic amines) is 1. The number of phenols is 1. The molecule has 5 nitrogen and oxygen atoms in total. The van der Waals surface area contributed by atoms with Crippen molar-refractivity contribution < 1.29 is 14.6 Å². The predicted molar refractivity (Wildman–Crippen MR) is 98.3 cm³/mol. The first-order valence-corrected chi connectivity index (χ1v) is 9.23. The molecule has 1 aromatic carbocycles. The Bertz CT molecular complexity index is 701. The Balaban J connectivity index is 1.82. The molecule has 1 fully saturated rings. The van der Waals surface area contributed by atoms with Gasteiger partial charge in [-0.1, -0.05) is 0 Å². The average Bonchev–Trinajstić information content (AvgIpc) is 2.58. The number of aromatic hydroxyl groups is 1. The molecule has 5 heteroatoms. The highest BCUT2D eigenvalue weighted by atomic mass is 16.5. The molecule has 2 unspecified atom stereocenters. The van der Waals surface area contributed by atoms with Crippen LogP contribution in [0.5, 0.6) is 11.5 Å². The van der Waals surface area contributed by atoms with E-state index in [1.54, 1.807) is 0 Å². The van der Waals surface area contributed by atoms with Crippen molar-refractivity contribution in [3.05, 3.63) is 22.3 Å². The molecule has 2 heterocycles. The van der Waals surface area contributed by atoms with Crippen molar-refractivity contribution in [1.82, 2.24) is 10.2 Å². The van der Waals surface area contributed by atoms with Gasteiger partial charge < -0.3 is 20.1 Å². The van der Waals surface area contributed by atoms with Gasteiger partial charge in [0, 0.05) is 24.6 Å². The molecule has 2 N–H and O–H groups in total. The summed E-state index contributed by atoms with van der Waals surface area (Å²) in [5.74, 6) is 1.09. The second-order valence-corrected chi connectivity index (χ2v) is 7.94. The van der Waals surface area contributed by atoms with E-state index >= 15 is 0 Å². The van der Waals surface area contributed by atoms with Crippen LogP contribution in [-0.2, 0) is 11.2 Å². The molecule has 1 aromatic rings. The Morgan fingerprint density at radius 1 is 1.28 bits per heavy atom. The first kappa shape index (κ1) is 18.1. The van der Waals surface area contributed by atoms with E-state index in [0.717, 1.165) is 60.4 Å². The molecule has 0 spiro atoms. The van der Waals surface area contributed by atoms with E-state index in [2.05, 4.69) is 17.3 Å². The minimum absolute atomic E-state index is 0.0266. The number of carbonyl (C=O) groups is 1. The minimum atomic E-state index is -0.858. The summed E-state index contributed by atoms with van der Waals surface area (Å²) in [6.45, 7) is 9.63. The number of likely N-dealkylation sites (N-methyl/N-ethyl adjacent to an activating group) is 1. The lowest BCUT2D eigenvalue weighted by Gasteiger charge is -2.38. The largest absolute Gasteiger partial charge is 0.507 e. The van der Waals surface area contributed by atoms with Crippen molar-refractivity contribution in [2.75, 3.05) is 20.1 Å². The molecular weight excluding hydrogens is 316 g/mol. The number of rotatable bonds is 2. The summed E-state index contributed by atoms with van der Waals surface area (Å²) < 4.78 is 6.26. The summed E-state index contributed by atoms with van der Waals surface area (Å²) in [5.41, 5.74) is 2.80. The number of ether oxygens (including phenoxy) is 1. The van der Waals surface area contributed by atoms with Crippen molar-refractivity contribution >= 4 is 5.91 Å². The van der Waals surface area contributed by atoms with Crippen LogP contribution in [0.15, 0.2) is 0 Å². The van der Waals surface area contributed by atoms with Crippen LogP contribution in [0, 0.1) is 20.8 Å². The van der Waals surface area contributed by atoms with Crippen molar-refractivity contribution in [2.45, 2.75) is 65.0 Å². The predicted octanol–water partition coefficient (Wildman–Crippen LogP) is 2.61. The SMILES string of the molecule is Cc1c(C)c2c(c(C)c1O)CCC(C)(C(=O)NC1CCCN(C)C1)O2. The summed E-state index contributed by atoms with van der Waals surface area (Å²) in [4.78, 5) is 15.2. The van der Waals surface area contributed by atoms with Gasteiger partial charge in [0.2, 0.25) is 0 Å². The lowest BCUT2D eigenvalue weighted by molar-refractivity contribution is -0.138. The van der Waals surface area contributed by atoms with Gasteiger partial charge in [-0.3, -0.25) is 4.79 Å². The van der Waals surface area contributed by atoms with Crippen molar-refractivity contribution in [3.8, 4) is 11.5 Å². The molecule has 0 radical (unpaired) electrons. The van der Waals surface area contributed by atoms with Gasteiger partial charge in [-0.15, -0.1) is 0 Å². The molecule has 1 amide bonds. The van der Waals surface area contributed by atoms with Crippen molar-refractivity contribution in [2.24, 2.45) is 0 Å². The lowest BCUT2D eigenvalue weighted by atomic mass is 9.86. The van der Waals surface area contributed by atoms with E-state index in [1.807, 2.05) is 27.7 Å².